The number of carbonyl (C=O) groups is 2. The minimum Gasteiger partial charge on any atom is -0.507 e. The number of quaternary nitrogens is 1. The number of Topliss-reactive ketones (excluding diaryl/α,β-unsaturated/α-hetero) is 1. The third kappa shape index (κ3) is 3.96. The summed E-state index contributed by atoms with van der Waals surface area (Å²) in [7, 11) is 0. The van der Waals surface area contributed by atoms with Gasteiger partial charge in [0, 0.05) is 18.0 Å². The Morgan fingerprint density at radius 2 is 1.80 bits per heavy atom. The largest absolute Gasteiger partial charge is 0.507 e. The van der Waals surface area contributed by atoms with Gasteiger partial charge in [-0.1, -0.05) is 0 Å². The Morgan fingerprint density at radius 1 is 1.13 bits per heavy atom. The first kappa shape index (κ1) is 20.2. The summed E-state index contributed by atoms with van der Waals surface area (Å²) >= 11 is 0. The van der Waals surface area contributed by atoms with Gasteiger partial charge in [0.25, 0.3) is 11.7 Å². The molecule has 2 N–H and O–H groups in total. The highest BCUT2D eigenvalue weighted by Gasteiger charge is 2.46. The monoisotopic (exact) mass is 412 g/mol. The first-order chi connectivity index (χ1) is 14.6. The fourth-order valence-corrected chi connectivity index (χ4v) is 3.95. The molecule has 0 bridgehead atoms. The number of hydrogen-bond donors (Lipinski definition) is 2. The number of aromatic nitrogens is 1. The lowest BCUT2D eigenvalue weighted by Gasteiger charge is -2.29. The van der Waals surface area contributed by atoms with Crippen LogP contribution in [0.25, 0.3) is 5.76 Å². The van der Waals surface area contributed by atoms with E-state index in [1.54, 1.807) is 24.5 Å². The van der Waals surface area contributed by atoms with Crippen molar-refractivity contribution in [3.63, 3.8) is 0 Å². The van der Waals surface area contributed by atoms with Gasteiger partial charge in [0.1, 0.15) is 24.7 Å². The van der Waals surface area contributed by atoms with Gasteiger partial charge in [0.05, 0.1) is 37.9 Å². The summed E-state index contributed by atoms with van der Waals surface area (Å²) in [6.07, 6.45) is 3.17. The number of ketones is 1. The first-order valence-electron chi connectivity index (χ1n) is 9.92. The minimum atomic E-state index is -0.740. The maximum atomic E-state index is 13.3. The van der Waals surface area contributed by atoms with Crippen molar-refractivity contribution in [3.05, 3.63) is 71.3 Å². The number of amides is 1. The van der Waals surface area contributed by atoms with Gasteiger partial charge in [-0.05, 0) is 42.0 Å². The smallest absolute Gasteiger partial charge is 0.295 e. The number of hydrogen-bond acceptors (Lipinski definition) is 5. The van der Waals surface area contributed by atoms with Gasteiger partial charge in [-0.25, -0.2) is 4.39 Å². The summed E-state index contributed by atoms with van der Waals surface area (Å²) in [5.41, 5.74) is 0.979. The van der Waals surface area contributed by atoms with E-state index < -0.39 is 23.5 Å². The molecule has 2 fully saturated rings. The van der Waals surface area contributed by atoms with Crippen LogP contribution >= 0.6 is 0 Å². The number of morpholine rings is 1. The fraction of sp³-hybridized carbons (Fsp3) is 0.318. The molecule has 1 amide bonds. The zero-order valence-corrected chi connectivity index (χ0v) is 16.4. The van der Waals surface area contributed by atoms with Crippen molar-refractivity contribution in [2.45, 2.75) is 6.04 Å². The molecule has 2 aliphatic heterocycles. The molecule has 1 aromatic heterocycles. The van der Waals surface area contributed by atoms with Crippen molar-refractivity contribution in [1.82, 2.24) is 9.88 Å². The predicted molar refractivity (Wildman–Crippen MR) is 106 cm³/mol. The Kier molecular flexibility index (Phi) is 5.87. The summed E-state index contributed by atoms with van der Waals surface area (Å²) in [6, 6.07) is 7.91. The predicted octanol–water partition coefficient (Wildman–Crippen LogP) is 0.558. The maximum absolute atomic E-state index is 13.3. The molecule has 156 valence electrons. The second kappa shape index (κ2) is 8.73. The van der Waals surface area contributed by atoms with E-state index in [0.29, 0.717) is 31.9 Å². The highest BCUT2D eigenvalue weighted by molar-refractivity contribution is 6.46. The number of aliphatic hydroxyl groups excluding tert-OH is 1. The quantitative estimate of drug-likeness (QED) is 0.426. The molecular formula is C22H23FN3O4+. The van der Waals surface area contributed by atoms with Crippen LogP contribution in [0.1, 0.15) is 17.2 Å². The third-order valence-electron chi connectivity index (χ3n) is 5.59. The summed E-state index contributed by atoms with van der Waals surface area (Å²) in [5.74, 6) is -2.15. The van der Waals surface area contributed by atoms with Gasteiger partial charge in [-0.2, -0.15) is 0 Å². The SMILES string of the molecule is O=C1C(=O)N(CC[NH+]2CCOCC2)[C@@H](c2ccncc2)C1=C(O)c1ccc(F)cc1. The van der Waals surface area contributed by atoms with Gasteiger partial charge in [-0.3, -0.25) is 14.6 Å². The number of nitrogens with zero attached hydrogens (tertiary/aromatic N) is 2. The number of benzene rings is 1. The van der Waals surface area contributed by atoms with Crippen LogP contribution in [0.15, 0.2) is 54.4 Å². The minimum absolute atomic E-state index is 0.00906. The number of likely N-dealkylation sites (tertiary alicyclic amines) is 1. The van der Waals surface area contributed by atoms with E-state index in [1.165, 1.54) is 34.1 Å². The second-order valence-corrected chi connectivity index (χ2v) is 7.39. The number of pyridine rings is 1. The third-order valence-corrected chi connectivity index (χ3v) is 5.59. The standard InChI is InChI=1S/C22H22FN3O4/c23-17-3-1-16(2-4-17)20(27)18-19(15-5-7-24-8-6-15)26(22(29)21(18)28)10-9-25-11-13-30-14-12-25/h1-8,19,27H,9-14H2/p+1/t19-/m0/s1. The molecule has 2 saturated heterocycles. The van der Waals surface area contributed by atoms with Crippen molar-refractivity contribution in [3.8, 4) is 0 Å². The summed E-state index contributed by atoms with van der Waals surface area (Å²) in [4.78, 5) is 32.6. The molecule has 7 nitrogen and oxygen atoms in total. The molecule has 30 heavy (non-hydrogen) atoms. The van der Waals surface area contributed by atoms with E-state index >= 15 is 0 Å². The Balaban J connectivity index is 1.71. The van der Waals surface area contributed by atoms with Crippen molar-refractivity contribution in [1.29, 1.82) is 0 Å². The molecule has 0 spiro atoms. The number of carbonyl (C=O) groups excluding carboxylic acids is 2. The lowest BCUT2D eigenvalue weighted by molar-refractivity contribution is -0.907. The van der Waals surface area contributed by atoms with E-state index in [1.807, 2.05) is 0 Å². The lowest BCUT2D eigenvalue weighted by Crippen LogP contribution is -3.14. The van der Waals surface area contributed by atoms with E-state index in [9.17, 15) is 19.1 Å². The number of ether oxygens (including phenoxy) is 1. The zero-order chi connectivity index (χ0) is 21.1. The number of nitrogens with one attached hydrogen (secondary N) is 1. The molecule has 0 unspecified atom stereocenters. The summed E-state index contributed by atoms with van der Waals surface area (Å²) in [6.45, 7) is 4.08. The number of rotatable bonds is 5. The molecule has 0 aliphatic carbocycles. The molecule has 1 aromatic carbocycles. The van der Waals surface area contributed by atoms with Crippen LogP contribution in [0.3, 0.4) is 0 Å². The van der Waals surface area contributed by atoms with Crippen molar-refractivity contribution >= 4 is 17.4 Å². The van der Waals surface area contributed by atoms with Gasteiger partial charge >= 0.3 is 0 Å². The molecule has 2 aliphatic rings. The van der Waals surface area contributed by atoms with E-state index in [2.05, 4.69) is 4.98 Å². The molecule has 3 heterocycles. The Morgan fingerprint density at radius 3 is 2.47 bits per heavy atom. The van der Waals surface area contributed by atoms with Crippen LogP contribution in [0, 0.1) is 5.82 Å². The molecule has 4 rings (SSSR count). The highest BCUT2D eigenvalue weighted by atomic mass is 19.1. The molecule has 8 heteroatoms. The number of halogens is 1. The lowest BCUT2D eigenvalue weighted by atomic mass is 9.96. The van der Waals surface area contributed by atoms with Crippen LogP contribution < -0.4 is 4.90 Å². The number of aliphatic hydroxyl groups is 1. The Bertz CT molecular complexity index is 956. The highest BCUT2D eigenvalue weighted by Crippen LogP contribution is 2.38. The van der Waals surface area contributed by atoms with Gasteiger partial charge in [0.2, 0.25) is 0 Å². The fourth-order valence-electron chi connectivity index (χ4n) is 3.95. The maximum Gasteiger partial charge on any atom is 0.295 e. The second-order valence-electron chi connectivity index (χ2n) is 7.39. The van der Waals surface area contributed by atoms with Crippen molar-refractivity contribution < 1.29 is 28.7 Å². The average molecular weight is 412 g/mol. The van der Waals surface area contributed by atoms with Crippen molar-refractivity contribution in [2.75, 3.05) is 39.4 Å². The van der Waals surface area contributed by atoms with Gasteiger partial charge < -0.3 is 19.6 Å². The van der Waals surface area contributed by atoms with E-state index in [4.69, 9.17) is 4.74 Å². The topological polar surface area (TPSA) is 84.2 Å². The summed E-state index contributed by atoms with van der Waals surface area (Å²) < 4.78 is 18.7. The average Bonchev–Trinajstić information content (AvgIpc) is 3.04. The van der Waals surface area contributed by atoms with Gasteiger partial charge in [-0.15, -0.1) is 0 Å². The Labute approximate surface area is 173 Å². The molecule has 0 radical (unpaired) electrons. The van der Waals surface area contributed by atoms with Gasteiger partial charge in [0.15, 0.2) is 0 Å². The van der Waals surface area contributed by atoms with E-state index in [0.717, 1.165) is 13.1 Å². The van der Waals surface area contributed by atoms with Crippen LogP contribution in [-0.2, 0) is 14.3 Å². The molecular weight excluding hydrogens is 389 g/mol. The van der Waals surface area contributed by atoms with Crippen LogP contribution in [0.5, 0.6) is 0 Å². The summed E-state index contributed by atoms with van der Waals surface area (Å²) in [5, 5.41) is 10.9. The van der Waals surface area contributed by atoms with Crippen LogP contribution in [0.2, 0.25) is 0 Å². The molecule has 1 atom stereocenters. The normalized spacial score (nSPS) is 21.9. The first-order valence-corrected chi connectivity index (χ1v) is 9.92. The molecule has 0 saturated carbocycles. The van der Waals surface area contributed by atoms with Crippen LogP contribution in [0.4, 0.5) is 4.39 Å². The Hall–Kier alpha value is -3.10. The van der Waals surface area contributed by atoms with E-state index in [-0.39, 0.29) is 16.9 Å². The van der Waals surface area contributed by atoms with Crippen molar-refractivity contribution in [2.24, 2.45) is 0 Å². The van der Waals surface area contributed by atoms with Crippen LogP contribution in [-0.4, -0.2) is 66.1 Å². The zero-order valence-electron chi connectivity index (χ0n) is 16.4. The molecule has 2 aromatic rings.